The Morgan fingerprint density at radius 3 is 2.79 bits per heavy atom. The van der Waals surface area contributed by atoms with Crippen molar-refractivity contribution in [3.8, 4) is 0 Å². The molecule has 3 aromatic rings. The number of fused-ring (bicyclic) bond motifs is 1. The molecule has 2 heterocycles. The van der Waals surface area contributed by atoms with Gasteiger partial charge in [-0.3, -0.25) is 4.98 Å². The molecule has 1 unspecified atom stereocenters. The zero-order valence-corrected chi connectivity index (χ0v) is 12.0. The minimum absolute atomic E-state index is 0.209. The smallest absolute Gasteiger partial charge is 0.0708 e. The molecule has 0 radical (unpaired) electrons. The largest absolute Gasteiger partial charge is 0.320 e. The molecule has 0 saturated heterocycles. The maximum Gasteiger partial charge on any atom is 0.0708 e. The molecule has 2 nitrogen and oxygen atoms in total. The molecule has 2 N–H and O–H groups in total. The van der Waals surface area contributed by atoms with Crippen molar-refractivity contribution in [2.24, 2.45) is 5.73 Å². The third kappa shape index (κ3) is 2.25. The molecular weight excluding hydrogens is 276 g/mol. The van der Waals surface area contributed by atoms with E-state index in [-0.39, 0.29) is 6.04 Å². The maximum absolute atomic E-state index is 6.39. The zero-order valence-electron chi connectivity index (χ0n) is 10.4. The van der Waals surface area contributed by atoms with Gasteiger partial charge in [-0.05, 0) is 36.1 Å². The van der Waals surface area contributed by atoms with Crippen molar-refractivity contribution < 1.29 is 0 Å². The summed E-state index contributed by atoms with van der Waals surface area (Å²) in [7, 11) is 0. The van der Waals surface area contributed by atoms with Crippen LogP contribution < -0.4 is 5.73 Å². The Morgan fingerprint density at radius 2 is 2.05 bits per heavy atom. The molecule has 0 aliphatic heterocycles. The number of halogens is 1. The number of rotatable bonds is 2. The van der Waals surface area contributed by atoms with Crippen molar-refractivity contribution in [3.63, 3.8) is 0 Å². The third-order valence-corrected chi connectivity index (χ3v) is 4.58. The molecule has 3 rings (SSSR count). The lowest BCUT2D eigenvalue weighted by Crippen LogP contribution is -2.12. The van der Waals surface area contributed by atoms with E-state index < -0.39 is 0 Å². The molecule has 1 aromatic carbocycles. The molecule has 0 saturated carbocycles. The van der Waals surface area contributed by atoms with Crippen LogP contribution >= 0.6 is 22.9 Å². The van der Waals surface area contributed by atoms with Crippen molar-refractivity contribution in [1.29, 1.82) is 0 Å². The second-order valence-electron chi connectivity index (χ2n) is 4.48. The summed E-state index contributed by atoms with van der Waals surface area (Å²) in [6.45, 7) is 1.98. The van der Waals surface area contributed by atoms with E-state index in [0.29, 0.717) is 0 Å². The number of hydrogen-bond acceptors (Lipinski definition) is 3. The number of aryl methyl sites for hydroxylation is 1. The van der Waals surface area contributed by atoms with Crippen LogP contribution in [0.2, 0.25) is 5.02 Å². The van der Waals surface area contributed by atoms with Gasteiger partial charge in [0.05, 0.1) is 16.6 Å². The first-order chi connectivity index (χ1) is 9.16. The summed E-state index contributed by atoms with van der Waals surface area (Å²) in [5.41, 5.74) is 9.41. The van der Waals surface area contributed by atoms with Gasteiger partial charge >= 0.3 is 0 Å². The van der Waals surface area contributed by atoms with Crippen LogP contribution in [0.4, 0.5) is 0 Å². The Morgan fingerprint density at radius 1 is 1.26 bits per heavy atom. The van der Waals surface area contributed by atoms with Gasteiger partial charge in [0.1, 0.15) is 0 Å². The lowest BCUT2D eigenvalue weighted by atomic mass is 10.0. The molecule has 19 heavy (non-hydrogen) atoms. The van der Waals surface area contributed by atoms with Crippen molar-refractivity contribution >= 4 is 33.8 Å². The number of para-hydroxylation sites is 1. The first-order valence-electron chi connectivity index (χ1n) is 6.01. The fourth-order valence-electron chi connectivity index (χ4n) is 2.27. The summed E-state index contributed by atoms with van der Waals surface area (Å²) < 4.78 is 0. The summed E-state index contributed by atoms with van der Waals surface area (Å²) in [6, 6.07) is 11.8. The molecule has 0 bridgehead atoms. The van der Waals surface area contributed by atoms with Gasteiger partial charge in [-0.25, -0.2) is 0 Å². The standard InChI is InChI=1S/C15H13ClN2S/c1-9-8-11(10-4-2-3-5-13(10)18-9)14(17)15-12(16)6-7-19-15/h2-8,14H,17H2,1H3. The predicted molar refractivity (Wildman–Crippen MR) is 81.8 cm³/mol. The van der Waals surface area contributed by atoms with E-state index in [1.165, 1.54) is 0 Å². The highest BCUT2D eigenvalue weighted by Crippen LogP contribution is 2.34. The van der Waals surface area contributed by atoms with Crippen LogP contribution in [0.3, 0.4) is 0 Å². The SMILES string of the molecule is Cc1cc(C(N)c2sccc2Cl)c2ccccc2n1. The number of hydrogen-bond donors (Lipinski definition) is 1. The first kappa shape index (κ1) is 12.6. The van der Waals surface area contributed by atoms with Crippen molar-refractivity contribution in [1.82, 2.24) is 4.98 Å². The van der Waals surface area contributed by atoms with Gasteiger partial charge < -0.3 is 5.73 Å². The fraction of sp³-hybridized carbons (Fsp3) is 0.133. The summed E-state index contributed by atoms with van der Waals surface area (Å²) in [4.78, 5) is 5.53. The molecule has 0 aliphatic rings. The van der Waals surface area contributed by atoms with E-state index in [9.17, 15) is 0 Å². The molecule has 2 aromatic heterocycles. The second kappa shape index (κ2) is 4.93. The summed E-state index contributed by atoms with van der Waals surface area (Å²) in [5.74, 6) is 0. The van der Waals surface area contributed by atoms with Gasteiger partial charge in [0.2, 0.25) is 0 Å². The molecule has 0 spiro atoms. The number of nitrogens with zero attached hydrogens (tertiary/aromatic N) is 1. The van der Waals surface area contributed by atoms with Crippen LogP contribution in [-0.4, -0.2) is 4.98 Å². The van der Waals surface area contributed by atoms with Gasteiger partial charge in [0.15, 0.2) is 0 Å². The van der Waals surface area contributed by atoms with E-state index in [0.717, 1.165) is 32.1 Å². The number of benzene rings is 1. The highest BCUT2D eigenvalue weighted by atomic mass is 35.5. The van der Waals surface area contributed by atoms with Gasteiger partial charge in [-0.2, -0.15) is 0 Å². The Kier molecular flexibility index (Phi) is 3.27. The van der Waals surface area contributed by atoms with Gasteiger partial charge in [-0.15, -0.1) is 11.3 Å². The van der Waals surface area contributed by atoms with Crippen molar-refractivity contribution in [2.45, 2.75) is 13.0 Å². The van der Waals surface area contributed by atoms with E-state index >= 15 is 0 Å². The van der Waals surface area contributed by atoms with Crippen LogP contribution in [0.25, 0.3) is 10.9 Å². The molecule has 96 valence electrons. The Hall–Kier alpha value is -1.42. The molecule has 0 fully saturated rings. The van der Waals surface area contributed by atoms with Crippen LogP contribution in [0, 0.1) is 6.92 Å². The number of nitrogens with two attached hydrogens (primary N) is 1. The topological polar surface area (TPSA) is 38.9 Å². The fourth-order valence-corrected chi connectivity index (χ4v) is 3.46. The van der Waals surface area contributed by atoms with Crippen LogP contribution in [-0.2, 0) is 0 Å². The molecule has 0 amide bonds. The molecule has 4 heteroatoms. The molecule has 0 aliphatic carbocycles. The van der Waals surface area contributed by atoms with Crippen molar-refractivity contribution in [2.75, 3.05) is 0 Å². The summed E-state index contributed by atoms with van der Waals surface area (Å²) in [5, 5.41) is 3.79. The van der Waals surface area contributed by atoms with E-state index in [1.807, 2.05) is 42.6 Å². The third-order valence-electron chi connectivity index (χ3n) is 3.14. The van der Waals surface area contributed by atoms with E-state index in [1.54, 1.807) is 11.3 Å². The number of thiophene rings is 1. The minimum atomic E-state index is -0.209. The van der Waals surface area contributed by atoms with E-state index in [4.69, 9.17) is 17.3 Å². The zero-order chi connectivity index (χ0) is 13.4. The molecular formula is C15H13ClN2S. The van der Waals surface area contributed by atoms with E-state index in [2.05, 4.69) is 11.1 Å². The van der Waals surface area contributed by atoms with Crippen LogP contribution in [0.5, 0.6) is 0 Å². The average Bonchev–Trinajstić information content (AvgIpc) is 2.83. The summed E-state index contributed by atoms with van der Waals surface area (Å²) >= 11 is 7.78. The normalized spacial score (nSPS) is 12.8. The van der Waals surface area contributed by atoms with Gasteiger partial charge in [0.25, 0.3) is 0 Å². The van der Waals surface area contributed by atoms with Crippen LogP contribution in [0.15, 0.2) is 41.8 Å². The number of aromatic nitrogens is 1. The highest BCUT2D eigenvalue weighted by molar-refractivity contribution is 7.10. The first-order valence-corrected chi connectivity index (χ1v) is 7.27. The van der Waals surface area contributed by atoms with Crippen molar-refractivity contribution in [3.05, 3.63) is 62.9 Å². The minimum Gasteiger partial charge on any atom is -0.320 e. The molecule has 1 atom stereocenters. The predicted octanol–water partition coefficient (Wildman–Crippen LogP) is 4.31. The Bertz CT molecular complexity index is 736. The Labute approximate surface area is 120 Å². The maximum atomic E-state index is 6.39. The quantitative estimate of drug-likeness (QED) is 0.763. The lowest BCUT2D eigenvalue weighted by Gasteiger charge is -2.14. The van der Waals surface area contributed by atoms with Gasteiger partial charge in [0, 0.05) is 16.0 Å². The number of pyridine rings is 1. The van der Waals surface area contributed by atoms with Gasteiger partial charge in [-0.1, -0.05) is 29.8 Å². The lowest BCUT2D eigenvalue weighted by molar-refractivity contribution is 0.898. The summed E-state index contributed by atoms with van der Waals surface area (Å²) in [6.07, 6.45) is 0. The van der Waals surface area contributed by atoms with Crippen LogP contribution in [0.1, 0.15) is 22.2 Å². The second-order valence-corrected chi connectivity index (χ2v) is 5.84. The average molecular weight is 289 g/mol. The monoisotopic (exact) mass is 288 g/mol. The highest BCUT2D eigenvalue weighted by Gasteiger charge is 2.17. The Balaban J connectivity index is 2.22.